The van der Waals surface area contributed by atoms with E-state index in [0.29, 0.717) is 5.92 Å². The van der Waals surface area contributed by atoms with Crippen LogP contribution < -0.4 is 4.74 Å². The van der Waals surface area contributed by atoms with Gasteiger partial charge in [0, 0.05) is 18.9 Å². The molecule has 92 valence electrons. The van der Waals surface area contributed by atoms with Crippen molar-refractivity contribution in [1.29, 1.82) is 0 Å². The van der Waals surface area contributed by atoms with Crippen LogP contribution in [0.4, 0.5) is 0 Å². The van der Waals surface area contributed by atoms with Gasteiger partial charge in [0.25, 0.3) is 0 Å². The average Bonchev–Trinajstić information content (AvgIpc) is 2.97. The molecule has 1 aliphatic carbocycles. The van der Waals surface area contributed by atoms with Crippen LogP contribution in [0.25, 0.3) is 0 Å². The number of aromatic nitrogens is 2. The van der Waals surface area contributed by atoms with Gasteiger partial charge in [-0.25, -0.2) is 13.4 Å². The smallest absolute Gasteiger partial charge is 0.309 e. The number of rotatable bonds is 4. The van der Waals surface area contributed by atoms with Gasteiger partial charge in [-0.2, -0.15) is 4.98 Å². The molecule has 1 aliphatic rings. The molecular formula is C10H12N2O4S. The maximum atomic E-state index is 10.8. The second-order valence-corrected chi connectivity index (χ2v) is 4.89. The van der Waals surface area contributed by atoms with Crippen LogP contribution in [-0.4, -0.2) is 24.4 Å². The Morgan fingerprint density at radius 3 is 2.71 bits per heavy atom. The lowest BCUT2D eigenvalue weighted by Crippen LogP contribution is -2.07. The molecule has 0 bridgehead atoms. The van der Waals surface area contributed by atoms with Crippen LogP contribution in [0.1, 0.15) is 37.2 Å². The summed E-state index contributed by atoms with van der Waals surface area (Å²) in [6.07, 6.45) is 2.05. The zero-order chi connectivity index (χ0) is 12.4. The molecule has 0 aliphatic heterocycles. The van der Waals surface area contributed by atoms with Crippen molar-refractivity contribution in [2.75, 3.05) is 0 Å². The van der Waals surface area contributed by atoms with Crippen molar-refractivity contribution in [2.24, 2.45) is 0 Å². The van der Waals surface area contributed by atoms with E-state index in [-0.39, 0.29) is 17.5 Å². The molecule has 0 radical (unpaired) electrons. The van der Waals surface area contributed by atoms with Crippen LogP contribution in [0.2, 0.25) is 0 Å². The number of carbonyl (C=O) groups is 1. The number of carbonyl (C=O) groups excluding carboxylic acids is 1. The predicted octanol–water partition coefficient (Wildman–Crippen LogP) is 0.391. The van der Waals surface area contributed by atoms with Crippen molar-refractivity contribution < 1.29 is 17.9 Å². The zero-order valence-electron chi connectivity index (χ0n) is 9.25. The van der Waals surface area contributed by atoms with E-state index in [1.165, 1.54) is 6.92 Å². The highest BCUT2D eigenvalue weighted by Crippen LogP contribution is 2.39. The number of thiol groups is 1. The molecule has 1 aromatic rings. The third kappa shape index (κ3) is 3.48. The Morgan fingerprint density at radius 2 is 2.18 bits per heavy atom. The number of nitrogens with zero attached hydrogens (tertiary/aromatic N) is 2. The fourth-order valence-corrected chi connectivity index (χ4v) is 1.84. The molecule has 0 spiro atoms. The summed E-state index contributed by atoms with van der Waals surface area (Å²) < 4.78 is 26.2. The molecule has 7 heteroatoms. The number of hydrogen-bond donors (Lipinski definition) is 1. The van der Waals surface area contributed by atoms with Crippen molar-refractivity contribution in [3.05, 3.63) is 17.6 Å². The second kappa shape index (κ2) is 4.79. The molecule has 0 unspecified atom stereocenters. The predicted molar refractivity (Wildman–Crippen MR) is 59.3 cm³/mol. The Labute approximate surface area is 100.0 Å². The standard InChI is InChI=1S/C10H12N2O4S/c1-6(13)16-10-4-8(7-2-3-7)11-9(12-10)5-17(14)15/h4,7,17H,2-3,5H2,1H3. The highest BCUT2D eigenvalue weighted by atomic mass is 32.2. The first-order valence-electron chi connectivity index (χ1n) is 5.22. The minimum absolute atomic E-state index is 0.126. The van der Waals surface area contributed by atoms with E-state index in [0.717, 1.165) is 18.5 Å². The van der Waals surface area contributed by atoms with E-state index < -0.39 is 16.7 Å². The molecule has 2 rings (SSSR count). The van der Waals surface area contributed by atoms with Crippen molar-refractivity contribution >= 4 is 16.7 Å². The maximum Gasteiger partial charge on any atom is 0.309 e. The molecule has 0 N–H and O–H groups in total. The van der Waals surface area contributed by atoms with Crippen molar-refractivity contribution in [3.8, 4) is 5.88 Å². The van der Waals surface area contributed by atoms with Crippen LogP contribution in [0.15, 0.2) is 6.07 Å². The van der Waals surface area contributed by atoms with E-state index in [1.54, 1.807) is 6.07 Å². The van der Waals surface area contributed by atoms with Crippen LogP contribution in [0.5, 0.6) is 5.88 Å². The van der Waals surface area contributed by atoms with Gasteiger partial charge in [0.1, 0.15) is 22.3 Å². The molecule has 17 heavy (non-hydrogen) atoms. The first-order chi connectivity index (χ1) is 8.04. The third-order valence-electron chi connectivity index (χ3n) is 2.28. The van der Waals surface area contributed by atoms with Crippen LogP contribution >= 0.6 is 0 Å². The Balaban J connectivity index is 2.30. The molecule has 1 aromatic heterocycles. The minimum Gasteiger partial charge on any atom is -0.408 e. The Hall–Kier alpha value is -1.50. The van der Waals surface area contributed by atoms with Crippen LogP contribution in [0.3, 0.4) is 0 Å². The molecular weight excluding hydrogens is 244 g/mol. The molecule has 6 nitrogen and oxygen atoms in total. The van der Waals surface area contributed by atoms with Gasteiger partial charge in [-0.15, -0.1) is 0 Å². The molecule has 0 amide bonds. The lowest BCUT2D eigenvalue weighted by atomic mass is 10.3. The summed E-state index contributed by atoms with van der Waals surface area (Å²) in [6, 6.07) is 1.60. The van der Waals surface area contributed by atoms with Gasteiger partial charge in [-0.1, -0.05) is 0 Å². The Kier molecular flexibility index (Phi) is 3.37. The summed E-state index contributed by atoms with van der Waals surface area (Å²) in [5, 5.41) is 0. The zero-order valence-corrected chi connectivity index (χ0v) is 10.1. The Morgan fingerprint density at radius 1 is 1.47 bits per heavy atom. The number of hydrogen-bond acceptors (Lipinski definition) is 6. The van der Waals surface area contributed by atoms with Crippen LogP contribution in [0, 0.1) is 0 Å². The first-order valence-corrected chi connectivity index (χ1v) is 6.59. The molecule has 1 fully saturated rings. The summed E-state index contributed by atoms with van der Waals surface area (Å²) >= 11 is 0. The molecule has 1 heterocycles. The summed E-state index contributed by atoms with van der Waals surface area (Å²) in [5.41, 5.74) is 0.753. The monoisotopic (exact) mass is 256 g/mol. The molecule has 0 aromatic carbocycles. The fourth-order valence-electron chi connectivity index (χ4n) is 1.47. The molecule has 0 atom stereocenters. The van der Waals surface area contributed by atoms with Gasteiger partial charge < -0.3 is 4.74 Å². The Bertz CT molecular complexity index is 515. The lowest BCUT2D eigenvalue weighted by molar-refractivity contribution is -0.132. The van der Waals surface area contributed by atoms with E-state index in [4.69, 9.17) is 4.74 Å². The third-order valence-corrected chi connectivity index (χ3v) is 2.82. The minimum atomic E-state index is -2.59. The topological polar surface area (TPSA) is 86.2 Å². The SMILES string of the molecule is CC(=O)Oc1cc(C2CC2)nc(C[SH](=O)=O)n1. The summed E-state index contributed by atoms with van der Waals surface area (Å²) in [7, 11) is -2.59. The highest BCUT2D eigenvalue weighted by molar-refractivity contribution is 7.71. The summed E-state index contributed by atoms with van der Waals surface area (Å²) in [5.74, 6) is -0.0639. The largest absolute Gasteiger partial charge is 0.408 e. The van der Waals surface area contributed by atoms with E-state index in [2.05, 4.69) is 9.97 Å². The normalized spacial score (nSPS) is 14.9. The number of ether oxygens (including phenoxy) is 1. The fraction of sp³-hybridized carbons (Fsp3) is 0.500. The molecule has 0 saturated heterocycles. The van der Waals surface area contributed by atoms with Gasteiger partial charge in [-0.3, -0.25) is 4.79 Å². The van der Waals surface area contributed by atoms with E-state index in [9.17, 15) is 13.2 Å². The summed E-state index contributed by atoms with van der Waals surface area (Å²) in [4.78, 5) is 18.9. The quantitative estimate of drug-likeness (QED) is 0.619. The molecule has 1 saturated carbocycles. The van der Waals surface area contributed by atoms with Gasteiger partial charge in [0.05, 0.1) is 5.69 Å². The lowest BCUT2D eigenvalue weighted by Gasteiger charge is -2.05. The van der Waals surface area contributed by atoms with Gasteiger partial charge in [-0.05, 0) is 12.8 Å². The van der Waals surface area contributed by atoms with Gasteiger partial charge >= 0.3 is 5.97 Å². The average molecular weight is 256 g/mol. The van der Waals surface area contributed by atoms with Gasteiger partial charge in [0.2, 0.25) is 5.88 Å². The van der Waals surface area contributed by atoms with Crippen LogP contribution in [-0.2, 0) is 21.3 Å². The summed E-state index contributed by atoms with van der Waals surface area (Å²) in [6.45, 7) is 1.27. The van der Waals surface area contributed by atoms with Gasteiger partial charge in [0.15, 0.2) is 0 Å². The van der Waals surface area contributed by atoms with Crippen molar-refractivity contribution in [2.45, 2.75) is 31.4 Å². The second-order valence-electron chi connectivity index (χ2n) is 3.91. The van der Waals surface area contributed by atoms with Crippen molar-refractivity contribution in [1.82, 2.24) is 9.97 Å². The van der Waals surface area contributed by atoms with Crippen molar-refractivity contribution in [3.63, 3.8) is 0 Å². The van der Waals surface area contributed by atoms with E-state index >= 15 is 0 Å². The number of esters is 1. The maximum absolute atomic E-state index is 10.8. The highest BCUT2D eigenvalue weighted by Gasteiger charge is 2.26. The first kappa shape index (κ1) is 12.0. The van der Waals surface area contributed by atoms with E-state index in [1.807, 2.05) is 0 Å².